The van der Waals surface area contributed by atoms with Crippen molar-refractivity contribution in [2.75, 3.05) is 13.7 Å². The lowest BCUT2D eigenvalue weighted by Crippen LogP contribution is -2.45. The molecule has 0 fully saturated rings. The molecule has 6 nitrogen and oxygen atoms in total. The molecule has 0 aliphatic carbocycles. The van der Waals surface area contributed by atoms with Crippen LogP contribution in [0.3, 0.4) is 0 Å². The fourth-order valence-electron chi connectivity index (χ4n) is 2.23. The normalized spacial score (nSPS) is 17.1. The molecular formula is C16H16N2O4. The summed E-state index contributed by atoms with van der Waals surface area (Å²) in [4.78, 5) is 23.7. The minimum absolute atomic E-state index is 0.140. The molecule has 1 atom stereocenters. The van der Waals surface area contributed by atoms with Crippen molar-refractivity contribution in [3.8, 4) is 18.1 Å². The first-order valence-corrected chi connectivity index (χ1v) is 6.59. The first-order chi connectivity index (χ1) is 10.6. The van der Waals surface area contributed by atoms with Crippen LogP contribution in [0.4, 0.5) is 4.79 Å². The number of amides is 2. The second-order valence-electron chi connectivity index (χ2n) is 4.63. The second kappa shape index (κ2) is 6.68. The summed E-state index contributed by atoms with van der Waals surface area (Å²) in [5.41, 5.74) is 1.50. The maximum absolute atomic E-state index is 12.0. The monoisotopic (exact) mass is 300 g/mol. The zero-order valence-corrected chi connectivity index (χ0v) is 12.3. The van der Waals surface area contributed by atoms with E-state index in [0.29, 0.717) is 22.6 Å². The molecule has 0 aromatic heterocycles. The first-order valence-electron chi connectivity index (χ1n) is 6.59. The molecule has 114 valence electrons. The van der Waals surface area contributed by atoms with Crippen molar-refractivity contribution >= 4 is 12.0 Å². The second-order valence-corrected chi connectivity index (χ2v) is 4.63. The number of terminal acetylenes is 1. The van der Waals surface area contributed by atoms with Gasteiger partial charge in [-0.25, -0.2) is 9.59 Å². The number of urea groups is 1. The Kier molecular flexibility index (Phi) is 4.69. The average Bonchev–Trinajstić information content (AvgIpc) is 2.51. The summed E-state index contributed by atoms with van der Waals surface area (Å²) < 4.78 is 10.2. The molecule has 2 N–H and O–H groups in total. The van der Waals surface area contributed by atoms with E-state index in [1.807, 2.05) is 0 Å². The van der Waals surface area contributed by atoms with Crippen molar-refractivity contribution in [3.63, 3.8) is 0 Å². The summed E-state index contributed by atoms with van der Waals surface area (Å²) in [5.74, 6) is 2.43. The zero-order chi connectivity index (χ0) is 16.1. The number of carbonyl (C=O) groups excluding carboxylic acids is 2. The molecular weight excluding hydrogens is 284 g/mol. The van der Waals surface area contributed by atoms with Crippen LogP contribution in [-0.2, 0) is 9.53 Å². The van der Waals surface area contributed by atoms with Gasteiger partial charge in [0.2, 0.25) is 0 Å². The van der Waals surface area contributed by atoms with Gasteiger partial charge >= 0.3 is 12.0 Å². The standard InChI is InChI=1S/C16H16N2O4/c1-4-8-22-12-7-5-6-11(9-12)14-13(15(19)21-3)10(2)17-16(20)18-14/h1,5-7,9,14H,8H2,2-3H3,(H2,17,18,20)/t14-/m0/s1. The van der Waals surface area contributed by atoms with Crippen LogP contribution in [-0.4, -0.2) is 25.7 Å². The van der Waals surface area contributed by atoms with Crippen LogP contribution >= 0.6 is 0 Å². The SMILES string of the molecule is C#CCOc1cccc([C@@H]2NC(=O)NC(C)=C2C(=O)OC)c1. The number of ether oxygens (including phenoxy) is 2. The van der Waals surface area contributed by atoms with Gasteiger partial charge in [-0.1, -0.05) is 18.1 Å². The Morgan fingerprint density at radius 2 is 2.23 bits per heavy atom. The van der Waals surface area contributed by atoms with Gasteiger partial charge < -0.3 is 20.1 Å². The Morgan fingerprint density at radius 1 is 1.45 bits per heavy atom. The Bertz CT molecular complexity index is 673. The van der Waals surface area contributed by atoms with Gasteiger partial charge in [-0.3, -0.25) is 0 Å². The predicted molar refractivity (Wildman–Crippen MR) is 79.9 cm³/mol. The first kappa shape index (κ1) is 15.4. The molecule has 2 rings (SSSR count). The fourth-order valence-corrected chi connectivity index (χ4v) is 2.23. The molecule has 1 aromatic carbocycles. The number of hydrogen-bond donors (Lipinski definition) is 2. The van der Waals surface area contributed by atoms with Gasteiger partial charge in [0, 0.05) is 5.70 Å². The average molecular weight is 300 g/mol. The van der Waals surface area contributed by atoms with Crippen LogP contribution < -0.4 is 15.4 Å². The number of esters is 1. The minimum atomic E-state index is -0.615. The van der Waals surface area contributed by atoms with Crippen molar-refractivity contribution in [2.24, 2.45) is 0 Å². The van der Waals surface area contributed by atoms with Crippen molar-refractivity contribution in [3.05, 3.63) is 41.1 Å². The molecule has 22 heavy (non-hydrogen) atoms. The summed E-state index contributed by atoms with van der Waals surface area (Å²) in [6.07, 6.45) is 5.16. The molecule has 1 heterocycles. The van der Waals surface area contributed by atoms with E-state index < -0.39 is 12.0 Å². The van der Waals surface area contributed by atoms with Crippen molar-refractivity contribution in [1.82, 2.24) is 10.6 Å². The molecule has 6 heteroatoms. The molecule has 0 bridgehead atoms. The van der Waals surface area contributed by atoms with Crippen LogP contribution in [0.15, 0.2) is 35.5 Å². The Balaban J connectivity index is 2.40. The third-order valence-corrected chi connectivity index (χ3v) is 3.19. The highest BCUT2D eigenvalue weighted by molar-refractivity contribution is 5.94. The smallest absolute Gasteiger partial charge is 0.337 e. The maximum atomic E-state index is 12.0. The molecule has 0 radical (unpaired) electrons. The quantitative estimate of drug-likeness (QED) is 0.652. The Hall–Kier alpha value is -2.94. The largest absolute Gasteiger partial charge is 0.481 e. The van der Waals surface area contributed by atoms with E-state index in [2.05, 4.69) is 16.6 Å². The van der Waals surface area contributed by atoms with Gasteiger partial charge in [0.25, 0.3) is 0 Å². The topological polar surface area (TPSA) is 76.7 Å². The Morgan fingerprint density at radius 3 is 2.91 bits per heavy atom. The van der Waals surface area contributed by atoms with Gasteiger partial charge in [0.1, 0.15) is 12.4 Å². The van der Waals surface area contributed by atoms with Gasteiger partial charge in [0.15, 0.2) is 0 Å². The van der Waals surface area contributed by atoms with Crippen LogP contribution in [0.25, 0.3) is 0 Å². The number of methoxy groups -OCH3 is 1. The summed E-state index contributed by atoms with van der Waals surface area (Å²) in [6.45, 7) is 1.79. The molecule has 1 aliphatic rings. The zero-order valence-electron chi connectivity index (χ0n) is 12.3. The number of carbonyl (C=O) groups is 2. The predicted octanol–water partition coefficient (Wildman–Crippen LogP) is 1.50. The highest BCUT2D eigenvalue weighted by atomic mass is 16.5. The number of allylic oxidation sites excluding steroid dienone is 1. The molecule has 0 spiro atoms. The molecule has 1 aliphatic heterocycles. The lowest BCUT2D eigenvalue weighted by atomic mass is 9.95. The van der Waals surface area contributed by atoms with Crippen LogP contribution in [0, 0.1) is 12.3 Å². The summed E-state index contributed by atoms with van der Waals surface area (Å²) >= 11 is 0. The molecule has 0 unspecified atom stereocenters. The number of nitrogens with one attached hydrogen (secondary N) is 2. The van der Waals surface area contributed by atoms with E-state index in [-0.39, 0.29) is 12.6 Å². The van der Waals surface area contributed by atoms with Crippen LogP contribution in [0.5, 0.6) is 5.75 Å². The highest BCUT2D eigenvalue weighted by Crippen LogP contribution is 2.29. The fraction of sp³-hybridized carbons (Fsp3) is 0.250. The van der Waals surface area contributed by atoms with Crippen LogP contribution in [0.2, 0.25) is 0 Å². The number of hydrogen-bond acceptors (Lipinski definition) is 4. The summed E-state index contributed by atoms with van der Waals surface area (Å²) in [7, 11) is 1.29. The van der Waals surface area contributed by atoms with E-state index in [0.717, 1.165) is 0 Å². The van der Waals surface area contributed by atoms with E-state index in [9.17, 15) is 9.59 Å². The van der Waals surface area contributed by atoms with E-state index in [1.165, 1.54) is 7.11 Å². The van der Waals surface area contributed by atoms with E-state index >= 15 is 0 Å². The molecule has 0 saturated heterocycles. The van der Waals surface area contributed by atoms with Crippen LogP contribution in [0.1, 0.15) is 18.5 Å². The third-order valence-electron chi connectivity index (χ3n) is 3.19. The molecule has 0 saturated carbocycles. The minimum Gasteiger partial charge on any atom is -0.481 e. The molecule has 1 aromatic rings. The van der Waals surface area contributed by atoms with Gasteiger partial charge in [-0.2, -0.15) is 0 Å². The number of benzene rings is 1. The molecule has 2 amide bonds. The maximum Gasteiger partial charge on any atom is 0.337 e. The van der Waals surface area contributed by atoms with Gasteiger partial charge in [-0.05, 0) is 24.6 Å². The van der Waals surface area contributed by atoms with E-state index in [1.54, 1.807) is 31.2 Å². The highest BCUT2D eigenvalue weighted by Gasteiger charge is 2.31. The lowest BCUT2D eigenvalue weighted by Gasteiger charge is -2.28. The Labute approximate surface area is 128 Å². The third kappa shape index (κ3) is 3.20. The lowest BCUT2D eigenvalue weighted by molar-refractivity contribution is -0.136. The van der Waals surface area contributed by atoms with Crippen molar-refractivity contribution in [1.29, 1.82) is 0 Å². The summed E-state index contributed by atoms with van der Waals surface area (Å²) in [5, 5.41) is 5.27. The summed E-state index contributed by atoms with van der Waals surface area (Å²) in [6, 6.07) is 6.03. The van der Waals surface area contributed by atoms with Crippen molar-refractivity contribution < 1.29 is 19.1 Å². The van der Waals surface area contributed by atoms with Gasteiger partial charge in [0.05, 0.1) is 18.7 Å². The van der Waals surface area contributed by atoms with E-state index in [4.69, 9.17) is 15.9 Å². The number of rotatable bonds is 4. The van der Waals surface area contributed by atoms with Crippen molar-refractivity contribution in [2.45, 2.75) is 13.0 Å². The van der Waals surface area contributed by atoms with Gasteiger partial charge in [-0.15, -0.1) is 6.42 Å².